The fourth-order valence-electron chi connectivity index (χ4n) is 4.28. The van der Waals surface area contributed by atoms with E-state index in [4.69, 9.17) is 5.73 Å². The molecule has 0 radical (unpaired) electrons. The molecular weight excluding hydrogens is 256 g/mol. The Morgan fingerprint density at radius 2 is 1.95 bits per heavy atom. The molecule has 0 spiro atoms. The summed E-state index contributed by atoms with van der Waals surface area (Å²) in [6.07, 6.45) is 7.53. The maximum Gasteiger partial charge on any atom is 0.0464 e. The van der Waals surface area contributed by atoms with Gasteiger partial charge >= 0.3 is 0 Å². The smallest absolute Gasteiger partial charge is 0.0464 e. The largest absolute Gasteiger partial charge is 0.321 e. The number of nitrogens with zero attached hydrogens (tertiary/aromatic N) is 1. The molecule has 0 bridgehead atoms. The minimum atomic E-state index is -0.250. The van der Waals surface area contributed by atoms with Crippen LogP contribution in [0.3, 0.4) is 0 Å². The molecule has 1 aromatic carbocycles. The van der Waals surface area contributed by atoms with E-state index in [9.17, 15) is 0 Å². The molecule has 2 aromatic rings. The van der Waals surface area contributed by atoms with Crippen molar-refractivity contribution in [3.05, 3.63) is 42.2 Å². The standard InChI is InChI=1S/C19H26N2/c1-13(2)17-9-8-14(3)10-19(17,20)18-12-21-11-15-6-4-5-7-16(15)18/h4-7,11-14,17H,8-10,20H2,1-3H3. The van der Waals surface area contributed by atoms with Crippen molar-refractivity contribution in [1.82, 2.24) is 4.98 Å². The van der Waals surface area contributed by atoms with Gasteiger partial charge in [0.2, 0.25) is 0 Å². The van der Waals surface area contributed by atoms with Crippen LogP contribution >= 0.6 is 0 Å². The van der Waals surface area contributed by atoms with Crippen LogP contribution in [-0.2, 0) is 5.54 Å². The first-order valence-electron chi connectivity index (χ1n) is 8.14. The zero-order chi connectivity index (χ0) is 15.0. The lowest BCUT2D eigenvalue weighted by molar-refractivity contribution is 0.109. The van der Waals surface area contributed by atoms with Gasteiger partial charge < -0.3 is 5.73 Å². The molecule has 21 heavy (non-hydrogen) atoms. The zero-order valence-corrected chi connectivity index (χ0v) is 13.3. The molecule has 1 saturated carbocycles. The highest BCUT2D eigenvalue weighted by atomic mass is 14.8. The molecule has 3 unspecified atom stereocenters. The van der Waals surface area contributed by atoms with E-state index in [1.165, 1.54) is 29.2 Å². The Kier molecular flexibility index (Phi) is 3.75. The van der Waals surface area contributed by atoms with Crippen LogP contribution in [0.15, 0.2) is 36.7 Å². The first-order valence-corrected chi connectivity index (χ1v) is 8.14. The first-order chi connectivity index (χ1) is 10.0. The van der Waals surface area contributed by atoms with E-state index >= 15 is 0 Å². The first kappa shape index (κ1) is 14.5. The van der Waals surface area contributed by atoms with Gasteiger partial charge in [-0.2, -0.15) is 0 Å². The molecule has 1 aromatic heterocycles. The van der Waals surface area contributed by atoms with E-state index < -0.39 is 0 Å². The minimum absolute atomic E-state index is 0.250. The monoisotopic (exact) mass is 282 g/mol. The summed E-state index contributed by atoms with van der Waals surface area (Å²) in [6, 6.07) is 8.50. The highest BCUT2D eigenvalue weighted by Gasteiger charge is 2.43. The van der Waals surface area contributed by atoms with Gasteiger partial charge in [-0.25, -0.2) is 0 Å². The average molecular weight is 282 g/mol. The Labute approximate surface area is 127 Å². The lowest BCUT2D eigenvalue weighted by atomic mass is 9.62. The summed E-state index contributed by atoms with van der Waals surface area (Å²) in [4.78, 5) is 4.47. The van der Waals surface area contributed by atoms with Crippen molar-refractivity contribution in [2.75, 3.05) is 0 Å². The summed E-state index contributed by atoms with van der Waals surface area (Å²) < 4.78 is 0. The normalized spacial score (nSPS) is 30.0. The van der Waals surface area contributed by atoms with E-state index in [1.54, 1.807) is 0 Å². The van der Waals surface area contributed by atoms with E-state index in [1.807, 2.05) is 12.4 Å². The second-order valence-electron chi connectivity index (χ2n) is 7.19. The predicted octanol–water partition coefficient (Wildman–Crippen LogP) is 4.48. The Bertz CT molecular complexity index is 629. The van der Waals surface area contributed by atoms with E-state index in [-0.39, 0.29) is 5.54 Å². The van der Waals surface area contributed by atoms with Crippen molar-refractivity contribution in [3.8, 4) is 0 Å². The summed E-state index contributed by atoms with van der Waals surface area (Å²) in [5.74, 6) is 1.81. The highest BCUT2D eigenvalue weighted by Crippen LogP contribution is 2.46. The van der Waals surface area contributed by atoms with Gasteiger partial charge in [-0.15, -0.1) is 0 Å². The number of pyridine rings is 1. The van der Waals surface area contributed by atoms with Crippen LogP contribution in [0.4, 0.5) is 0 Å². The molecule has 112 valence electrons. The molecule has 0 aliphatic heterocycles. The fourth-order valence-corrected chi connectivity index (χ4v) is 4.28. The molecule has 1 aliphatic rings. The van der Waals surface area contributed by atoms with Crippen molar-refractivity contribution >= 4 is 10.8 Å². The molecule has 0 saturated heterocycles. The quantitative estimate of drug-likeness (QED) is 0.882. The second kappa shape index (κ2) is 5.42. The average Bonchev–Trinajstić information content (AvgIpc) is 2.46. The topological polar surface area (TPSA) is 38.9 Å². The van der Waals surface area contributed by atoms with Crippen molar-refractivity contribution < 1.29 is 0 Å². The van der Waals surface area contributed by atoms with Crippen LogP contribution in [-0.4, -0.2) is 4.98 Å². The maximum atomic E-state index is 7.04. The van der Waals surface area contributed by atoms with Crippen LogP contribution in [0.25, 0.3) is 10.8 Å². The van der Waals surface area contributed by atoms with Gasteiger partial charge in [0.05, 0.1) is 0 Å². The summed E-state index contributed by atoms with van der Waals surface area (Å²) in [5, 5.41) is 2.47. The summed E-state index contributed by atoms with van der Waals surface area (Å²) >= 11 is 0. The van der Waals surface area contributed by atoms with Crippen molar-refractivity contribution in [2.24, 2.45) is 23.5 Å². The molecule has 3 rings (SSSR count). The number of nitrogens with two attached hydrogens (primary N) is 1. The molecule has 2 heteroatoms. The van der Waals surface area contributed by atoms with Crippen LogP contribution in [0.1, 0.15) is 45.6 Å². The van der Waals surface area contributed by atoms with Gasteiger partial charge in [0.15, 0.2) is 0 Å². The highest BCUT2D eigenvalue weighted by molar-refractivity contribution is 5.85. The van der Waals surface area contributed by atoms with Gasteiger partial charge in [-0.1, -0.05) is 51.5 Å². The fraction of sp³-hybridized carbons (Fsp3) is 0.526. The van der Waals surface area contributed by atoms with E-state index in [2.05, 4.69) is 50.0 Å². The van der Waals surface area contributed by atoms with Gasteiger partial charge in [0.1, 0.15) is 0 Å². The lowest BCUT2D eigenvalue weighted by Crippen LogP contribution is -2.50. The third-order valence-corrected chi connectivity index (χ3v) is 5.29. The Hall–Kier alpha value is -1.41. The molecule has 2 N–H and O–H groups in total. The van der Waals surface area contributed by atoms with Crippen LogP contribution in [0.5, 0.6) is 0 Å². The van der Waals surface area contributed by atoms with Crippen molar-refractivity contribution in [1.29, 1.82) is 0 Å². The Balaban J connectivity index is 2.17. The number of benzene rings is 1. The molecule has 2 nitrogen and oxygen atoms in total. The molecule has 1 heterocycles. The summed E-state index contributed by atoms with van der Waals surface area (Å²) in [5.41, 5.74) is 8.03. The molecule has 0 amide bonds. The third kappa shape index (κ3) is 2.46. The molecule has 1 aliphatic carbocycles. The Morgan fingerprint density at radius 1 is 1.19 bits per heavy atom. The van der Waals surface area contributed by atoms with Crippen LogP contribution in [0.2, 0.25) is 0 Å². The van der Waals surface area contributed by atoms with Gasteiger partial charge in [-0.3, -0.25) is 4.98 Å². The van der Waals surface area contributed by atoms with Crippen LogP contribution < -0.4 is 5.73 Å². The summed E-state index contributed by atoms with van der Waals surface area (Å²) in [7, 11) is 0. The zero-order valence-electron chi connectivity index (χ0n) is 13.3. The van der Waals surface area contributed by atoms with Crippen LogP contribution in [0, 0.1) is 17.8 Å². The van der Waals surface area contributed by atoms with Gasteiger partial charge in [0, 0.05) is 23.3 Å². The molecule has 3 atom stereocenters. The predicted molar refractivity (Wildman–Crippen MR) is 89.0 cm³/mol. The number of hydrogen-bond acceptors (Lipinski definition) is 2. The number of fused-ring (bicyclic) bond motifs is 1. The second-order valence-corrected chi connectivity index (χ2v) is 7.19. The minimum Gasteiger partial charge on any atom is -0.321 e. The molecule has 1 fully saturated rings. The number of hydrogen-bond donors (Lipinski definition) is 1. The molecular formula is C19H26N2. The van der Waals surface area contributed by atoms with E-state index in [0.717, 1.165) is 6.42 Å². The number of rotatable bonds is 2. The Morgan fingerprint density at radius 3 is 2.71 bits per heavy atom. The van der Waals surface area contributed by atoms with Gasteiger partial charge in [-0.05, 0) is 41.5 Å². The summed E-state index contributed by atoms with van der Waals surface area (Å²) in [6.45, 7) is 6.94. The SMILES string of the molecule is CC1CCC(C(C)C)C(N)(c2cncc3ccccc23)C1. The van der Waals surface area contributed by atoms with Crippen molar-refractivity contribution in [3.63, 3.8) is 0 Å². The maximum absolute atomic E-state index is 7.04. The third-order valence-electron chi connectivity index (χ3n) is 5.29. The van der Waals surface area contributed by atoms with E-state index in [0.29, 0.717) is 17.8 Å². The lowest BCUT2D eigenvalue weighted by Gasteiger charge is -2.46. The number of aromatic nitrogens is 1. The van der Waals surface area contributed by atoms with Crippen molar-refractivity contribution in [2.45, 2.75) is 45.6 Å². The van der Waals surface area contributed by atoms with Gasteiger partial charge in [0.25, 0.3) is 0 Å².